The summed E-state index contributed by atoms with van der Waals surface area (Å²) in [4.78, 5) is 11.5. The van der Waals surface area contributed by atoms with Gasteiger partial charge in [-0.2, -0.15) is 0 Å². The molecule has 0 unspecified atom stereocenters. The Hall–Kier alpha value is -1.05. The van der Waals surface area contributed by atoms with Crippen molar-refractivity contribution in [1.82, 2.24) is 0 Å². The van der Waals surface area contributed by atoms with Crippen LogP contribution in [-0.4, -0.2) is 12.6 Å². The van der Waals surface area contributed by atoms with Gasteiger partial charge in [-0.1, -0.05) is 43.9 Å². The van der Waals surface area contributed by atoms with Crippen molar-refractivity contribution in [2.24, 2.45) is 5.92 Å². The molecule has 0 aromatic carbocycles. The first-order valence-electron chi connectivity index (χ1n) is 7.86. The summed E-state index contributed by atoms with van der Waals surface area (Å²) < 4.78 is 5.22. The largest absolute Gasteiger partial charge is 0.461 e. The average molecular weight is 280 g/mol. The van der Waals surface area contributed by atoms with Crippen molar-refractivity contribution in [3.8, 4) is 0 Å². The molecular weight excluding hydrogens is 248 g/mol. The molecule has 0 rings (SSSR count). The zero-order valence-corrected chi connectivity index (χ0v) is 14.0. The van der Waals surface area contributed by atoms with Crippen molar-refractivity contribution in [2.75, 3.05) is 6.61 Å². The molecule has 0 aromatic rings. The Labute approximate surface area is 125 Å². The van der Waals surface area contributed by atoms with Crippen LogP contribution in [0.1, 0.15) is 73.1 Å². The Morgan fingerprint density at radius 1 is 1.05 bits per heavy atom. The van der Waals surface area contributed by atoms with Crippen molar-refractivity contribution in [3.05, 3.63) is 23.3 Å². The van der Waals surface area contributed by atoms with E-state index in [4.69, 9.17) is 4.74 Å². The third-order valence-corrected chi connectivity index (χ3v) is 3.18. The Morgan fingerprint density at radius 3 is 2.35 bits per heavy atom. The molecule has 0 N–H and O–H groups in total. The van der Waals surface area contributed by atoms with E-state index in [2.05, 4.69) is 40.7 Å². The van der Waals surface area contributed by atoms with Gasteiger partial charge in [-0.3, -0.25) is 4.79 Å². The number of ether oxygens (including phenoxy) is 1. The minimum Gasteiger partial charge on any atom is -0.461 e. The van der Waals surface area contributed by atoms with Gasteiger partial charge in [-0.15, -0.1) is 0 Å². The maximum atomic E-state index is 11.5. The molecule has 116 valence electrons. The Bertz CT molecular complexity index is 320. The van der Waals surface area contributed by atoms with E-state index in [1.54, 1.807) is 0 Å². The van der Waals surface area contributed by atoms with Gasteiger partial charge in [0, 0.05) is 6.42 Å². The van der Waals surface area contributed by atoms with Gasteiger partial charge in [0.05, 0.1) is 0 Å². The molecule has 0 amide bonds. The van der Waals surface area contributed by atoms with Gasteiger partial charge >= 0.3 is 5.97 Å². The normalized spacial score (nSPS) is 11.6. The highest BCUT2D eigenvalue weighted by Gasteiger charge is 2.02. The summed E-state index contributed by atoms with van der Waals surface area (Å²) in [5.41, 5.74) is 2.64. The van der Waals surface area contributed by atoms with Gasteiger partial charge < -0.3 is 4.74 Å². The van der Waals surface area contributed by atoms with E-state index < -0.39 is 0 Å². The summed E-state index contributed by atoms with van der Waals surface area (Å²) in [6.45, 7) is 11.2. The Balaban J connectivity index is 3.65. The van der Waals surface area contributed by atoms with E-state index in [9.17, 15) is 4.79 Å². The SMILES string of the molecule is CC(C)=CCC/C(C)=C\COC(=O)CCCCC(C)C. The van der Waals surface area contributed by atoms with Crippen molar-refractivity contribution in [3.63, 3.8) is 0 Å². The molecule has 2 heteroatoms. The third-order valence-electron chi connectivity index (χ3n) is 3.18. The summed E-state index contributed by atoms with van der Waals surface area (Å²) in [6.07, 6.45) is 10.2. The molecule has 0 heterocycles. The van der Waals surface area contributed by atoms with Gasteiger partial charge in [0.1, 0.15) is 6.61 Å². The Kier molecular flexibility index (Phi) is 11.1. The molecule has 0 saturated carbocycles. The quantitative estimate of drug-likeness (QED) is 0.302. The molecule has 0 spiro atoms. The number of hydrogen-bond acceptors (Lipinski definition) is 2. The lowest BCUT2D eigenvalue weighted by Crippen LogP contribution is -2.04. The van der Waals surface area contributed by atoms with Gasteiger partial charge in [0.2, 0.25) is 0 Å². The highest BCUT2D eigenvalue weighted by atomic mass is 16.5. The molecule has 20 heavy (non-hydrogen) atoms. The highest BCUT2D eigenvalue weighted by Crippen LogP contribution is 2.09. The first-order chi connectivity index (χ1) is 9.41. The zero-order chi connectivity index (χ0) is 15.4. The molecule has 0 aliphatic carbocycles. The van der Waals surface area contributed by atoms with E-state index in [1.165, 1.54) is 17.6 Å². The van der Waals surface area contributed by atoms with Crippen molar-refractivity contribution < 1.29 is 9.53 Å². The second-order valence-electron chi connectivity index (χ2n) is 6.19. The maximum Gasteiger partial charge on any atom is 0.306 e. The van der Waals surface area contributed by atoms with Crippen LogP contribution in [0.5, 0.6) is 0 Å². The van der Waals surface area contributed by atoms with Crippen LogP contribution >= 0.6 is 0 Å². The van der Waals surface area contributed by atoms with Crippen LogP contribution in [0, 0.1) is 5.92 Å². The number of carbonyl (C=O) groups excluding carboxylic acids is 1. The van der Waals surface area contributed by atoms with E-state index >= 15 is 0 Å². The minimum atomic E-state index is -0.0675. The monoisotopic (exact) mass is 280 g/mol. The van der Waals surface area contributed by atoms with Crippen LogP contribution < -0.4 is 0 Å². The van der Waals surface area contributed by atoms with Crippen LogP contribution in [0.15, 0.2) is 23.3 Å². The molecule has 0 saturated heterocycles. The van der Waals surface area contributed by atoms with Crippen LogP contribution in [0.2, 0.25) is 0 Å². The minimum absolute atomic E-state index is 0.0675. The van der Waals surface area contributed by atoms with Crippen LogP contribution in [0.3, 0.4) is 0 Å². The zero-order valence-electron chi connectivity index (χ0n) is 14.0. The van der Waals surface area contributed by atoms with Gasteiger partial charge in [0.25, 0.3) is 0 Å². The lowest BCUT2D eigenvalue weighted by molar-refractivity contribution is -0.142. The van der Waals surface area contributed by atoms with Crippen molar-refractivity contribution >= 4 is 5.97 Å². The lowest BCUT2D eigenvalue weighted by Gasteiger charge is -2.05. The maximum absolute atomic E-state index is 11.5. The van der Waals surface area contributed by atoms with Crippen molar-refractivity contribution in [2.45, 2.75) is 73.1 Å². The molecule has 0 bridgehead atoms. The topological polar surface area (TPSA) is 26.3 Å². The summed E-state index contributed by atoms with van der Waals surface area (Å²) >= 11 is 0. The second-order valence-corrected chi connectivity index (χ2v) is 6.19. The van der Waals surface area contributed by atoms with Gasteiger partial charge in [-0.25, -0.2) is 0 Å². The van der Waals surface area contributed by atoms with Gasteiger partial charge in [-0.05, 0) is 52.0 Å². The molecule has 0 aliphatic heterocycles. The smallest absolute Gasteiger partial charge is 0.306 e. The summed E-state index contributed by atoms with van der Waals surface area (Å²) in [7, 11) is 0. The predicted octanol–water partition coefficient (Wildman–Crippen LogP) is 5.44. The number of rotatable bonds is 10. The molecule has 0 fully saturated rings. The summed E-state index contributed by atoms with van der Waals surface area (Å²) in [6, 6.07) is 0. The summed E-state index contributed by atoms with van der Waals surface area (Å²) in [5, 5.41) is 0. The van der Waals surface area contributed by atoms with Crippen LogP contribution in [0.25, 0.3) is 0 Å². The fourth-order valence-corrected chi connectivity index (χ4v) is 1.86. The molecule has 2 nitrogen and oxygen atoms in total. The number of allylic oxidation sites excluding steroid dienone is 3. The van der Waals surface area contributed by atoms with Gasteiger partial charge in [0.15, 0.2) is 0 Å². The first-order valence-corrected chi connectivity index (χ1v) is 7.86. The molecule has 0 aromatic heterocycles. The summed E-state index contributed by atoms with van der Waals surface area (Å²) in [5.74, 6) is 0.652. The first kappa shape index (κ1) is 18.9. The molecular formula is C18H32O2. The van der Waals surface area contributed by atoms with Crippen LogP contribution in [0.4, 0.5) is 0 Å². The standard InChI is InChI=1S/C18H32O2/c1-15(2)9-6-7-12-18(19)20-14-13-17(5)11-8-10-16(3)4/h10,13,15H,6-9,11-12,14H2,1-5H3/b17-13-. The predicted molar refractivity (Wildman–Crippen MR) is 86.7 cm³/mol. The fourth-order valence-electron chi connectivity index (χ4n) is 1.86. The third kappa shape index (κ3) is 13.4. The van der Waals surface area contributed by atoms with E-state index in [0.29, 0.717) is 13.0 Å². The molecule has 0 atom stereocenters. The number of carbonyl (C=O) groups is 1. The van der Waals surface area contributed by atoms with Crippen LogP contribution in [-0.2, 0) is 9.53 Å². The number of esters is 1. The molecule has 0 aliphatic rings. The number of hydrogen-bond donors (Lipinski definition) is 0. The van der Waals surface area contributed by atoms with E-state index in [0.717, 1.165) is 31.6 Å². The fraction of sp³-hybridized carbons (Fsp3) is 0.722. The van der Waals surface area contributed by atoms with Crippen molar-refractivity contribution in [1.29, 1.82) is 0 Å². The average Bonchev–Trinajstić information content (AvgIpc) is 2.34. The lowest BCUT2D eigenvalue weighted by atomic mass is 10.1. The molecule has 0 radical (unpaired) electrons. The van der Waals surface area contributed by atoms with E-state index in [-0.39, 0.29) is 5.97 Å². The number of unbranched alkanes of at least 4 members (excludes halogenated alkanes) is 1. The Morgan fingerprint density at radius 2 is 1.75 bits per heavy atom. The van der Waals surface area contributed by atoms with E-state index in [1.807, 2.05) is 6.08 Å². The highest BCUT2D eigenvalue weighted by molar-refractivity contribution is 5.69. The second kappa shape index (κ2) is 11.7.